The van der Waals surface area contributed by atoms with Gasteiger partial charge >= 0.3 is 0 Å². The van der Waals surface area contributed by atoms with Crippen LogP contribution in [0.15, 0.2) is 24.3 Å². The molecule has 12 heteroatoms. The largest absolute Gasteiger partial charge is 0.383 e. The number of fused-ring (bicyclic) bond motifs is 2. The second kappa shape index (κ2) is 7.08. The molecule has 1 aromatic carbocycles. The molecule has 0 aliphatic rings. The van der Waals surface area contributed by atoms with Gasteiger partial charge in [0, 0.05) is 25.2 Å². The molecule has 5 rings (SSSR count). The van der Waals surface area contributed by atoms with Crippen LogP contribution >= 0.6 is 0 Å². The van der Waals surface area contributed by atoms with E-state index >= 15 is 0 Å². The van der Waals surface area contributed by atoms with Crippen molar-refractivity contribution in [1.29, 1.82) is 10.5 Å². The van der Waals surface area contributed by atoms with Crippen molar-refractivity contribution in [3.63, 3.8) is 0 Å². The minimum absolute atomic E-state index is 0.0793. The van der Waals surface area contributed by atoms with E-state index in [1.165, 1.54) is 9.36 Å². The molecule has 0 spiro atoms. The van der Waals surface area contributed by atoms with Gasteiger partial charge < -0.3 is 22.9 Å². The maximum atomic E-state index is 9.78. The number of nitriles is 2. The van der Waals surface area contributed by atoms with E-state index in [-0.39, 0.29) is 34.4 Å². The number of aryl methyl sites for hydroxylation is 2. The van der Waals surface area contributed by atoms with Gasteiger partial charge in [0.25, 0.3) is 0 Å². The van der Waals surface area contributed by atoms with Gasteiger partial charge in [-0.05, 0) is 11.1 Å². The number of nitrogens with two attached hydrogens (primary N) is 4. The predicted octanol–water partition coefficient (Wildman–Crippen LogP) is 1.66. The number of benzene rings is 1. The molecule has 8 N–H and O–H groups in total. The first-order chi connectivity index (χ1) is 16.3. The summed E-state index contributed by atoms with van der Waals surface area (Å²) in [7, 11) is 3.40. The molecule has 4 aromatic heterocycles. The van der Waals surface area contributed by atoms with Crippen LogP contribution < -0.4 is 22.9 Å². The smallest absolute Gasteiger partial charge is 0.162 e. The summed E-state index contributed by atoms with van der Waals surface area (Å²) in [6, 6.07) is 11.4. The quantitative estimate of drug-likeness (QED) is 0.305. The number of rotatable bonds is 2. The molecular weight excluding hydrogens is 432 g/mol. The first-order valence-electron chi connectivity index (χ1n) is 10.0. The molecule has 0 unspecified atom stereocenters. The normalized spacial score (nSPS) is 11.1. The molecule has 34 heavy (non-hydrogen) atoms. The van der Waals surface area contributed by atoms with E-state index in [1.54, 1.807) is 38.4 Å². The van der Waals surface area contributed by atoms with Crippen LogP contribution in [0.5, 0.6) is 0 Å². The highest BCUT2D eigenvalue weighted by atomic mass is 15.3. The lowest BCUT2D eigenvalue weighted by atomic mass is 9.93. The maximum Gasteiger partial charge on any atom is 0.162 e. The zero-order valence-electron chi connectivity index (χ0n) is 18.2. The minimum Gasteiger partial charge on any atom is -0.383 e. The molecule has 166 valence electrons. The molecule has 0 radical (unpaired) electrons. The molecule has 0 saturated carbocycles. The number of pyridine rings is 2. The summed E-state index contributed by atoms with van der Waals surface area (Å²) >= 11 is 0. The number of nitrogens with zero attached hydrogens (tertiary/aromatic N) is 8. The maximum absolute atomic E-state index is 9.78. The molecule has 12 nitrogen and oxygen atoms in total. The van der Waals surface area contributed by atoms with Crippen LogP contribution in [0.1, 0.15) is 11.1 Å². The van der Waals surface area contributed by atoms with Gasteiger partial charge in [0.2, 0.25) is 0 Å². The van der Waals surface area contributed by atoms with E-state index in [1.807, 2.05) is 0 Å². The van der Waals surface area contributed by atoms with E-state index in [9.17, 15) is 10.5 Å². The Kier molecular flexibility index (Phi) is 4.28. The van der Waals surface area contributed by atoms with E-state index in [0.717, 1.165) is 0 Å². The summed E-state index contributed by atoms with van der Waals surface area (Å²) in [6.07, 6.45) is 0. The summed E-state index contributed by atoms with van der Waals surface area (Å²) in [4.78, 5) is 8.58. The van der Waals surface area contributed by atoms with Crippen molar-refractivity contribution in [2.75, 3.05) is 22.9 Å². The average molecular weight is 450 g/mol. The van der Waals surface area contributed by atoms with Gasteiger partial charge in [0.05, 0.1) is 10.8 Å². The standard InChI is InChI=1S/C22H18N12/c1-33-21-15(19(27)31-33)13(11(7-23)17(25)29-21)9-3-5-10(6-4-9)14-12(8-24)18(26)30-22-16(14)20(28)32-34(22)2/h3-6H,1-2H3,(H2,25,29)(H2,26,30)(H2,27,31)(H2,28,32). The highest BCUT2D eigenvalue weighted by Gasteiger charge is 2.23. The molecule has 0 amide bonds. The van der Waals surface area contributed by atoms with E-state index in [0.29, 0.717) is 44.3 Å². The van der Waals surface area contributed by atoms with Crippen LogP contribution in [0, 0.1) is 22.7 Å². The van der Waals surface area contributed by atoms with Crippen molar-refractivity contribution in [3.05, 3.63) is 35.4 Å². The van der Waals surface area contributed by atoms with Gasteiger partial charge in [-0.2, -0.15) is 20.7 Å². The molecular formula is C22H18N12. The fourth-order valence-electron chi connectivity index (χ4n) is 4.26. The number of hydrogen-bond acceptors (Lipinski definition) is 10. The van der Waals surface area contributed by atoms with Crippen molar-refractivity contribution in [3.8, 4) is 34.4 Å². The number of aromatic nitrogens is 6. The first-order valence-corrected chi connectivity index (χ1v) is 10.0. The van der Waals surface area contributed by atoms with Crippen molar-refractivity contribution < 1.29 is 0 Å². The first kappa shape index (κ1) is 20.5. The van der Waals surface area contributed by atoms with Gasteiger partial charge in [-0.3, -0.25) is 0 Å². The molecule has 0 fully saturated rings. The number of nitrogen functional groups attached to an aromatic ring is 4. The lowest BCUT2D eigenvalue weighted by molar-refractivity contribution is 0.791. The number of anilines is 4. The van der Waals surface area contributed by atoms with E-state index in [4.69, 9.17) is 22.9 Å². The van der Waals surface area contributed by atoms with Crippen molar-refractivity contribution in [2.45, 2.75) is 0 Å². The van der Waals surface area contributed by atoms with Crippen LogP contribution in [0.2, 0.25) is 0 Å². The third-order valence-corrected chi connectivity index (χ3v) is 5.74. The van der Waals surface area contributed by atoms with Gasteiger partial charge in [0.15, 0.2) is 22.9 Å². The molecule has 5 aromatic rings. The average Bonchev–Trinajstić information content (AvgIpc) is 3.25. The Morgan fingerprint density at radius 3 is 1.32 bits per heavy atom. The summed E-state index contributed by atoms with van der Waals surface area (Å²) in [6.45, 7) is 0. The van der Waals surface area contributed by atoms with E-state index < -0.39 is 0 Å². The SMILES string of the molecule is Cn1nc(N)c2c(-c3ccc(-c4c(C#N)c(N)nc5c4c(N)nn5C)cc3)c(C#N)c(N)nc21. The lowest BCUT2D eigenvalue weighted by Gasteiger charge is -2.12. The van der Waals surface area contributed by atoms with Gasteiger partial charge in [-0.15, -0.1) is 0 Å². The topological polar surface area (TPSA) is 213 Å². The minimum atomic E-state index is 0.0793. The third kappa shape index (κ3) is 2.69. The van der Waals surface area contributed by atoms with Gasteiger partial charge in [0.1, 0.15) is 34.9 Å². The molecule has 0 aliphatic heterocycles. The molecule has 0 aliphatic carbocycles. The summed E-state index contributed by atoms with van der Waals surface area (Å²) in [5.74, 6) is 0.629. The molecule has 4 heterocycles. The predicted molar refractivity (Wildman–Crippen MR) is 129 cm³/mol. The third-order valence-electron chi connectivity index (χ3n) is 5.74. The Morgan fingerprint density at radius 1 is 0.647 bits per heavy atom. The van der Waals surface area contributed by atoms with Crippen LogP contribution in [0.3, 0.4) is 0 Å². The summed E-state index contributed by atoms with van der Waals surface area (Å²) in [5, 5.41) is 29.1. The Hall–Kier alpha value is -5.36. The Labute approximate surface area is 192 Å². The summed E-state index contributed by atoms with van der Waals surface area (Å²) in [5.41, 5.74) is 28.2. The van der Waals surface area contributed by atoms with Crippen molar-refractivity contribution in [2.24, 2.45) is 14.1 Å². The highest BCUT2D eigenvalue weighted by Crippen LogP contribution is 2.40. The Balaban J connectivity index is 1.79. The van der Waals surface area contributed by atoms with Crippen molar-refractivity contribution in [1.82, 2.24) is 29.5 Å². The van der Waals surface area contributed by atoms with Crippen LogP contribution in [-0.2, 0) is 14.1 Å². The monoisotopic (exact) mass is 450 g/mol. The zero-order chi connectivity index (χ0) is 24.3. The highest BCUT2D eigenvalue weighted by molar-refractivity contribution is 6.06. The molecule has 0 saturated heterocycles. The van der Waals surface area contributed by atoms with Crippen LogP contribution in [0.4, 0.5) is 23.3 Å². The Morgan fingerprint density at radius 2 is 1.00 bits per heavy atom. The number of hydrogen-bond donors (Lipinski definition) is 4. The van der Waals surface area contributed by atoms with Crippen LogP contribution in [-0.4, -0.2) is 29.5 Å². The fraction of sp³-hybridized carbons (Fsp3) is 0.0909. The molecule has 0 bridgehead atoms. The second-order valence-corrected chi connectivity index (χ2v) is 7.71. The van der Waals surface area contributed by atoms with E-state index in [2.05, 4.69) is 32.3 Å². The van der Waals surface area contributed by atoms with Crippen LogP contribution in [0.25, 0.3) is 44.3 Å². The molecule has 0 atom stereocenters. The Bertz CT molecular complexity index is 1600. The van der Waals surface area contributed by atoms with Crippen molar-refractivity contribution >= 4 is 45.3 Å². The van der Waals surface area contributed by atoms with Gasteiger partial charge in [-0.25, -0.2) is 19.3 Å². The fourth-order valence-corrected chi connectivity index (χ4v) is 4.26. The second-order valence-electron chi connectivity index (χ2n) is 7.71. The lowest BCUT2D eigenvalue weighted by Crippen LogP contribution is -2.02. The summed E-state index contributed by atoms with van der Waals surface area (Å²) < 4.78 is 3.03. The van der Waals surface area contributed by atoms with Gasteiger partial charge in [-0.1, -0.05) is 24.3 Å². The zero-order valence-corrected chi connectivity index (χ0v) is 18.2.